The van der Waals surface area contributed by atoms with Crippen LogP contribution in [0.25, 0.3) is 10.9 Å². The first-order valence-corrected chi connectivity index (χ1v) is 13.1. The molecule has 3 heterocycles. The number of piperazine rings is 1. The monoisotopic (exact) mass is 461 g/mol. The highest BCUT2D eigenvalue weighted by atomic mass is 32.2. The Morgan fingerprint density at radius 2 is 1.72 bits per heavy atom. The second-order valence-corrected chi connectivity index (χ2v) is 10.9. The van der Waals surface area contributed by atoms with E-state index in [9.17, 15) is 13.2 Å². The molecule has 9 heteroatoms. The molecule has 2 saturated heterocycles. The molecular weight excluding hydrogens is 426 g/mol. The van der Waals surface area contributed by atoms with Crippen molar-refractivity contribution in [2.75, 3.05) is 59.4 Å². The van der Waals surface area contributed by atoms with Crippen LogP contribution < -0.4 is 5.32 Å². The highest BCUT2D eigenvalue weighted by Crippen LogP contribution is 2.25. The Morgan fingerprint density at radius 3 is 2.47 bits per heavy atom. The number of sulfonamides is 1. The number of hydrogen-bond acceptors (Lipinski definition) is 5. The second-order valence-electron chi connectivity index (χ2n) is 8.94. The van der Waals surface area contributed by atoms with Crippen LogP contribution in [0.3, 0.4) is 0 Å². The zero-order chi connectivity index (χ0) is 22.6. The van der Waals surface area contributed by atoms with Crippen molar-refractivity contribution >= 4 is 26.8 Å². The van der Waals surface area contributed by atoms with E-state index in [-0.39, 0.29) is 5.91 Å². The fraction of sp³-hybridized carbons (Fsp3) is 0.609. The van der Waals surface area contributed by atoms with Crippen molar-refractivity contribution in [3.8, 4) is 0 Å². The van der Waals surface area contributed by atoms with Crippen molar-refractivity contribution in [2.45, 2.75) is 37.1 Å². The Hall–Kier alpha value is -1.94. The summed E-state index contributed by atoms with van der Waals surface area (Å²) in [4.78, 5) is 17.4. The number of aromatic nitrogens is 1. The van der Waals surface area contributed by atoms with E-state index >= 15 is 0 Å². The van der Waals surface area contributed by atoms with Gasteiger partial charge in [-0.3, -0.25) is 9.69 Å². The number of fused-ring (bicyclic) bond motifs is 1. The van der Waals surface area contributed by atoms with Crippen LogP contribution in [0.15, 0.2) is 35.4 Å². The van der Waals surface area contributed by atoms with Gasteiger partial charge >= 0.3 is 0 Å². The van der Waals surface area contributed by atoms with Gasteiger partial charge in [0.2, 0.25) is 15.9 Å². The lowest BCUT2D eigenvalue weighted by molar-refractivity contribution is -0.121. The van der Waals surface area contributed by atoms with Crippen molar-refractivity contribution < 1.29 is 13.2 Å². The van der Waals surface area contributed by atoms with Crippen molar-refractivity contribution in [2.24, 2.45) is 0 Å². The third-order valence-corrected chi connectivity index (χ3v) is 8.52. The molecule has 0 unspecified atom stereocenters. The molecule has 2 aromatic rings. The zero-order valence-electron chi connectivity index (χ0n) is 19.0. The van der Waals surface area contributed by atoms with E-state index in [0.717, 1.165) is 62.9 Å². The van der Waals surface area contributed by atoms with Crippen LogP contribution in [0.1, 0.15) is 25.7 Å². The lowest BCUT2D eigenvalue weighted by Gasteiger charge is -2.32. The topological polar surface area (TPSA) is 77.9 Å². The summed E-state index contributed by atoms with van der Waals surface area (Å²) < 4.78 is 29.5. The minimum atomic E-state index is -3.44. The van der Waals surface area contributed by atoms with E-state index in [4.69, 9.17) is 0 Å². The molecule has 0 radical (unpaired) electrons. The van der Waals surface area contributed by atoms with E-state index in [0.29, 0.717) is 37.5 Å². The molecule has 32 heavy (non-hydrogen) atoms. The summed E-state index contributed by atoms with van der Waals surface area (Å²) in [5.74, 6) is 0.0465. The molecule has 4 rings (SSSR count). The van der Waals surface area contributed by atoms with Crippen LogP contribution in [-0.2, 0) is 21.4 Å². The van der Waals surface area contributed by atoms with Crippen LogP contribution >= 0.6 is 0 Å². The number of likely N-dealkylation sites (N-methyl/N-ethyl adjacent to an activating group) is 1. The van der Waals surface area contributed by atoms with Gasteiger partial charge in [0.05, 0.1) is 4.90 Å². The number of aryl methyl sites for hydroxylation is 1. The van der Waals surface area contributed by atoms with Crippen molar-refractivity contribution in [1.82, 2.24) is 24.0 Å². The Morgan fingerprint density at radius 1 is 0.969 bits per heavy atom. The summed E-state index contributed by atoms with van der Waals surface area (Å²) >= 11 is 0. The summed E-state index contributed by atoms with van der Waals surface area (Å²) in [7, 11) is -1.30. The number of carbonyl (C=O) groups is 1. The molecular formula is C23H35N5O3S. The molecule has 0 bridgehead atoms. The largest absolute Gasteiger partial charge is 0.355 e. The third kappa shape index (κ3) is 5.51. The Kier molecular flexibility index (Phi) is 7.50. The number of nitrogens with zero attached hydrogens (tertiary/aromatic N) is 4. The molecule has 1 aromatic carbocycles. The van der Waals surface area contributed by atoms with Crippen molar-refractivity contribution in [3.05, 3.63) is 30.5 Å². The first-order chi connectivity index (χ1) is 15.4. The lowest BCUT2D eigenvalue weighted by Crippen LogP contribution is -2.46. The SMILES string of the molecule is CN1CCN(CCNC(=O)CCn2ccc3cc(S(=O)(=O)N4CCCCC4)ccc32)CC1. The minimum absolute atomic E-state index is 0.0465. The molecule has 0 spiro atoms. The Bertz CT molecular complexity index is 1020. The first-order valence-electron chi connectivity index (χ1n) is 11.7. The van der Waals surface area contributed by atoms with E-state index in [1.807, 2.05) is 22.9 Å². The molecule has 0 aliphatic carbocycles. The molecule has 176 valence electrons. The summed E-state index contributed by atoms with van der Waals surface area (Å²) in [6, 6.07) is 7.23. The van der Waals surface area contributed by atoms with Crippen molar-refractivity contribution in [3.63, 3.8) is 0 Å². The molecule has 2 aliphatic rings. The minimum Gasteiger partial charge on any atom is -0.355 e. The van der Waals surface area contributed by atoms with Crippen molar-refractivity contribution in [1.29, 1.82) is 0 Å². The number of nitrogens with one attached hydrogen (secondary N) is 1. The zero-order valence-corrected chi connectivity index (χ0v) is 19.8. The fourth-order valence-corrected chi connectivity index (χ4v) is 6.08. The standard InChI is InChI=1S/C23H35N5O3S/c1-25-15-17-26(18-16-25)14-9-24-23(29)8-13-27-12-7-20-19-21(5-6-22(20)27)32(30,31)28-10-3-2-4-11-28/h5-7,12,19H,2-4,8-11,13-18H2,1H3,(H,24,29). The van der Waals surface area contributed by atoms with Gasteiger partial charge in [-0.1, -0.05) is 6.42 Å². The van der Waals surface area contributed by atoms with Gasteiger partial charge in [0.1, 0.15) is 0 Å². The molecule has 1 N–H and O–H groups in total. The molecule has 0 saturated carbocycles. The summed E-state index contributed by atoms with van der Waals surface area (Å²) in [6.45, 7) is 7.60. The Balaban J connectivity index is 1.30. The molecule has 2 fully saturated rings. The van der Waals surface area contributed by atoms with E-state index < -0.39 is 10.0 Å². The van der Waals surface area contributed by atoms with Crippen LogP contribution in [0.5, 0.6) is 0 Å². The smallest absolute Gasteiger partial charge is 0.243 e. The molecule has 1 amide bonds. The molecule has 8 nitrogen and oxygen atoms in total. The summed E-state index contributed by atoms with van der Waals surface area (Å²) in [5.41, 5.74) is 0.952. The fourth-order valence-electron chi connectivity index (χ4n) is 4.52. The number of carbonyl (C=O) groups excluding carboxylic acids is 1. The number of benzene rings is 1. The molecule has 2 aliphatic heterocycles. The van der Waals surface area contributed by atoms with Gasteiger partial charge in [0.25, 0.3) is 0 Å². The number of piperidine rings is 1. The maximum atomic E-state index is 12.9. The average molecular weight is 462 g/mol. The Labute approximate surface area is 191 Å². The van der Waals surface area contributed by atoms with E-state index in [2.05, 4.69) is 22.2 Å². The third-order valence-electron chi connectivity index (χ3n) is 6.62. The normalized spacial score (nSPS) is 19.4. The summed E-state index contributed by atoms with van der Waals surface area (Å²) in [6.07, 6.45) is 5.28. The first kappa shape index (κ1) is 23.2. The highest BCUT2D eigenvalue weighted by molar-refractivity contribution is 7.89. The highest BCUT2D eigenvalue weighted by Gasteiger charge is 2.26. The van der Waals surface area contributed by atoms with Gasteiger partial charge < -0.3 is 14.8 Å². The van der Waals surface area contributed by atoms with Gasteiger partial charge in [-0.05, 0) is 44.2 Å². The van der Waals surface area contributed by atoms with E-state index in [1.165, 1.54) is 0 Å². The predicted octanol–water partition coefficient (Wildman–Crippen LogP) is 1.57. The molecule has 1 aromatic heterocycles. The van der Waals surface area contributed by atoms with Gasteiger partial charge in [0, 0.05) is 82.4 Å². The number of amides is 1. The van der Waals surface area contributed by atoms with Gasteiger partial charge in [-0.25, -0.2) is 8.42 Å². The van der Waals surface area contributed by atoms with Crippen LogP contribution in [0.2, 0.25) is 0 Å². The van der Waals surface area contributed by atoms with Gasteiger partial charge in [-0.2, -0.15) is 4.31 Å². The lowest BCUT2D eigenvalue weighted by atomic mass is 10.2. The average Bonchev–Trinajstić information content (AvgIpc) is 3.22. The van der Waals surface area contributed by atoms with Crippen LogP contribution in [-0.4, -0.2) is 92.4 Å². The van der Waals surface area contributed by atoms with Gasteiger partial charge in [-0.15, -0.1) is 0 Å². The van der Waals surface area contributed by atoms with Gasteiger partial charge in [0.15, 0.2) is 0 Å². The van der Waals surface area contributed by atoms with Crippen LogP contribution in [0.4, 0.5) is 0 Å². The maximum absolute atomic E-state index is 12.9. The van der Waals surface area contributed by atoms with E-state index in [1.54, 1.807) is 16.4 Å². The quantitative estimate of drug-likeness (QED) is 0.646. The molecule has 0 atom stereocenters. The predicted molar refractivity (Wildman–Crippen MR) is 126 cm³/mol. The van der Waals surface area contributed by atoms with Crippen LogP contribution in [0, 0.1) is 0 Å². The number of hydrogen-bond donors (Lipinski definition) is 1. The second kappa shape index (κ2) is 10.3. The summed E-state index contributed by atoms with van der Waals surface area (Å²) in [5, 5.41) is 3.91. The number of rotatable bonds is 8. The maximum Gasteiger partial charge on any atom is 0.243 e.